The summed E-state index contributed by atoms with van der Waals surface area (Å²) < 4.78 is 0. The second-order valence-corrected chi connectivity index (χ2v) is 6.09. The van der Waals surface area contributed by atoms with Gasteiger partial charge in [-0.25, -0.2) is 4.98 Å². The Hall–Kier alpha value is -2.81. The second kappa shape index (κ2) is 7.64. The van der Waals surface area contributed by atoms with Gasteiger partial charge in [0.2, 0.25) is 0 Å². The molecule has 0 radical (unpaired) electrons. The van der Waals surface area contributed by atoms with Gasteiger partial charge in [0.1, 0.15) is 11.6 Å². The maximum absolute atomic E-state index is 4.63. The van der Waals surface area contributed by atoms with Crippen molar-refractivity contribution in [1.82, 2.24) is 4.98 Å². The van der Waals surface area contributed by atoms with Crippen molar-refractivity contribution in [2.75, 3.05) is 10.6 Å². The predicted molar refractivity (Wildman–Crippen MR) is 101 cm³/mol. The number of hydrogen-bond donors (Lipinski definition) is 2. The van der Waals surface area contributed by atoms with Crippen LogP contribution >= 0.6 is 0 Å². The van der Waals surface area contributed by atoms with Gasteiger partial charge < -0.3 is 10.6 Å². The van der Waals surface area contributed by atoms with E-state index < -0.39 is 0 Å². The Kier molecular flexibility index (Phi) is 5.12. The smallest absolute Gasteiger partial charge is 0.128 e. The molecule has 0 atom stereocenters. The lowest BCUT2D eigenvalue weighted by Gasteiger charge is -2.10. The first-order chi connectivity index (χ1) is 11.7. The molecule has 0 aliphatic carbocycles. The average molecular weight is 317 g/mol. The van der Waals surface area contributed by atoms with Gasteiger partial charge in [0.15, 0.2) is 0 Å². The Morgan fingerprint density at radius 1 is 0.667 bits per heavy atom. The minimum absolute atomic E-state index is 0.774. The third-order valence-electron chi connectivity index (χ3n) is 3.86. The molecule has 24 heavy (non-hydrogen) atoms. The summed E-state index contributed by atoms with van der Waals surface area (Å²) in [6.45, 7) is 5.77. The molecular formula is C21H23N3. The highest BCUT2D eigenvalue weighted by Crippen LogP contribution is 2.13. The maximum atomic E-state index is 4.63. The molecule has 0 fully saturated rings. The van der Waals surface area contributed by atoms with Gasteiger partial charge >= 0.3 is 0 Å². The van der Waals surface area contributed by atoms with E-state index in [1.54, 1.807) is 0 Å². The summed E-state index contributed by atoms with van der Waals surface area (Å²) >= 11 is 0. The van der Waals surface area contributed by atoms with Crippen molar-refractivity contribution in [3.63, 3.8) is 0 Å². The minimum atomic E-state index is 0.774. The molecule has 0 spiro atoms. The molecule has 3 aromatic rings. The molecule has 122 valence electrons. The number of nitrogens with zero attached hydrogens (tertiary/aromatic N) is 1. The van der Waals surface area contributed by atoms with E-state index in [2.05, 4.69) is 78.0 Å². The van der Waals surface area contributed by atoms with Crippen LogP contribution in [-0.4, -0.2) is 4.98 Å². The van der Waals surface area contributed by atoms with Crippen LogP contribution < -0.4 is 10.6 Å². The number of aromatic nitrogens is 1. The number of benzene rings is 2. The average Bonchev–Trinajstić information content (AvgIpc) is 2.59. The van der Waals surface area contributed by atoms with Crippen LogP contribution in [-0.2, 0) is 13.1 Å². The molecule has 3 nitrogen and oxygen atoms in total. The van der Waals surface area contributed by atoms with Crippen LogP contribution in [0.2, 0.25) is 0 Å². The van der Waals surface area contributed by atoms with E-state index in [0.717, 1.165) is 24.7 Å². The molecule has 3 heteroatoms. The van der Waals surface area contributed by atoms with Gasteiger partial charge in [0.05, 0.1) is 0 Å². The number of anilines is 2. The Balaban J connectivity index is 1.59. The van der Waals surface area contributed by atoms with Crippen LogP contribution in [0.5, 0.6) is 0 Å². The number of hydrogen-bond acceptors (Lipinski definition) is 3. The zero-order valence-corrected chi connectivity index (χ0v) is 14.2. The molecule has 0 amide bonds. The Bertz CT molecular complexity index is 747. The van der Waals surface area contributed by atoms with E-state index in [-0.39, 0.29) is 0 Å². The third-order valence-corrected chi connectivity index (χ3v) is 3.86. The molecule has 2 N–H and O–H groups in total. The third kappa shape index (κ3) is 4.59. The number of pyridine rings is 1. The largest absolute Gasteiger partial charge is 0.366 e. The van der Waals surface area contributed by atoms with Crippen molar-refractivity contribution < 1.29 is 0 Å². The fourth-order valence-electron chi connectivity index (χ4n) is 2.66. The van der Waals surface area contributed by atoms with Crippen LogP contribution in [0, 0.1) is 13.8 Å². The van der Waals surface area contributed by atoms with Crippen LogP contribution in [0.1, 0.15) is 22.3 Å². The quantitative estimate of drug-likeness (QED) is 0.677. The zero-order valence-electron chi connectivity index (χ0n) is 14.2. The first-order valence-corrected chi connectivity index (χ1v) is 8.25. The SMILES string of the molecule is Cc1cccc(CNc2cccc(NCc3cccc(C)c3)n2)c1. The van der Waals surface area contributed by atoms with Gasteiger partial charge in [0.25, 0.3) is 0 Å². The first kappa shape index (κ1) is 16.1. The summed E-state index contributed by atoms with van der Waals surface area (Å²) in [4.78, 5) is 4.63. The van der Waals surface area contributed by atoms with Gasteiger partial charge in [-0.2, -0.15) is 0 Å². The Labute approximate surface area is 143 Å². The first-order valence-electron chi connectivity index (χ1n) is 8.25. The van der Waals surface area contributed by atoms with E-state index in [4.69, 9.17) is 0 Å². The molecule has 0 aliphatic heterocycles. The number of nitrogens with one attached hydrogen (secondary N) is 2. The molecule has 0 aliphatic rings. The van der Waals surface area contributed by atoms with E-state index in [1.165, 1.54) is 22.3 Å². The van der Waals surface area contributed by atoms with Gasteiger partial charge in [0, 0.05) is 13.1 Å². The van der Waals surface area contributed by atoms with Crippen LogP contribution in [0.25, 0.3) is 0 Å². The van der Waals surface area contributed by atoms with Gasteiger partial charge in [-0.05, 0) is 37.1 Å². The van der Waals surface area contributed by atoms with Gasteiger partial charge in [-0.1, -0.05) is 65.7 Å². The summed E-state index contributed by atoms with van der Waals surface area (Å²) in [5.74, 6) is 1.76. The molecule has 0 saturated heterocycles. The highest BCUT2D eigenvalue weighted by atomic mass is 15.1. The normalized spacial score (nSPS) is 10.4. The highest BCUT2D eigenvalue weighted by Gasteiger charge is 1.99. The number of aryl methyl sites for hydroxylation is 2. The minimum Gasteiger partial charge on any atom is -0.366 e. The van der Waals surface area contributed by atoms with Crippen LogP contribution in [0.15, 0.2) is 66.7 Å². The van der Waals surface area contributed by atoms with E-state index in [9.17, 15) is 0 Å². The lowest BCUT2D eigenvalue weighted by molar-refractivity contribution is 1.08. The van der Waals surface area contributed by atoms with Crippen molar-refractivity contribution in [2.24, 2.45) is 0 Å². The predicted octanol–water partition coefficient (Wildman–Crippen LogP) is 4.92. The molecule has 0 saturated carbocycles. The second-order valence-electron chi connectivity index (χ2n) is 6.09. The van der Waals surface area contributed by atoms with Crippen LogP contribution in [0.3, 0.4) is 0 Å². The van der Waals surface area contributed by atoms with Crippen molar-refractivity contribution in [2.45, 2.75) is 26.9 Å². The van der Waals surface area contributed by atoms with Crippen molar-refractivity contribution in [1.29, 1.82) is 0 Å². The summed E-state index contributed by atoms with van der Waals surface area (Å²) in [5, 5.41) is 6.77. The molecule has 1 aromatic heterocycles. The van der Waals surface area contributed by atoms with E-state index in [0.29, 0.717) is 0 Å². The van der Waals surface area contributed by atoms with E-state index in [1.807, 2.05) is 18.2 Å². The summed E-state index contributed by atoms with van der Waals surface area (Å²) in [6, 6.07) is 23.0. The summed E-state index contributed by atoms with van der Waals surface area (Å²) in [5.41, 5.74) is 5.07. The maximum Gasteiger partial charge on any atom is 0.128 e. The fraction of sp³-hybridized carbons (Fsp3) is 0.190. The number of rotatable bonds is 6. The van der Waals surface area contributed by atoms with Gasteiger partial charge in [-0.3, -0.25) is 0 Å². The molecule has 2 aromatic carbocycles. The summed E-state index contributed by atoms with van der Waals surface area (Å²) in [6.07, 6.45) is 0. The van der Waals surface area contributed by atoms with Crippen LogP contribution in [0.4, 0.5) is 11.6 Å². The van der Waals surface area contributed by atoms with Crippen molar-refractivity contribution in [3.05, 3.63) is 89.0 Å². The molecule has 3 rings (SSSR count). The monoisotopic (exact) mass is 317 g/mol. The fourth-order valence-corrected chi connectivity index (χ4v) is 2.66. The molecule has 1 heterocycles. The Morgan fingerprint density at radius 3 is 1.58 bits per heavy atom. The topological polar surface area (TPSA) is 37.0 Å². The molecule has 0 unspecified atom stereocenters. The Morgan fingerprint density at radius 2 is 1.12 bits per heavy atom. The summed E-state index contributed by atoms with van der Waals surface area (Å²) in [7, 11) is 0. The van der Waals surface area contributed by atoms with E-state index >= 15 is 0 Å². The molecule has 0 bridgehead atoms. The standard InChI is InChI=1S/C21H23N3/c1-16-6-3-8-18(12-16)14-22-20-10-5-11-21(24-20)23-15-19-9-4-7-17(2)13-19/h3-13H,14-15H2,1-2H3,(H2,22,23,24). The molecular weight excluding hydrogens is 294 g/mol. The van der Waals surface area contributed by atoms with Crippen molar-refractivity contribution in [3.8, 4) is 0 Å². The van der Waals surface area contributed by atoms with Crippen molar-refractivity contribution >= 4 is 11.6 Å². The zero-order chi connectivity index (χ0) is 16.8. The lowest BCUT2D eigenvalue weighted by Crippen LogP contribution is -2.05. The lowest BCUT2D eigenvalue weighted by atomic mass is 10.1. The van der Waals surface area contributed by atoms with Gasteiger partial charge in [-0.15, -0.1) is 0 Å². The highest BCUT2D eigenvalue weighted by molar-refractivity contribution is 5.46.